The van der Waals surface area contributed by atoms with Crippen molar-refractivity contribution in [3.05, 3.63) is 17.0 Å². The third kappa shape index (κ3) is 0.836. The van der Waals surface area contributed by atoms with Gasteiger partial charge in [0.1, 0.15) is 0 Å². The van der Waals surface area contributed by atoms with Crippen molar-refractivity contribution in [1.29, 1.82) is 0 Å². The van der Waals surface area contributed by atoms with Gasteiger partial charge in [-0.05, 0) is 32.2 Å². The number of aromatic nitrogens is 2. The minimum atomic E-state index is 0.395. The van der Waals surface area contributed by atoms with Crippen LogP contribution in [-0.2, 0) is 11.8 Å². The van der Waals surface area contributed by atoms with Crippen LogP contribution in [0.5, 0.6) is 0 Å². The average Bonchev–Trinajstić information content (AvgIpc) is 2.79. The van der Waals surface area contributed by atoms with Gasteiger partial charge in [-0.15, -0.1) is 0 Å². The monoisotopic (exact) mass is 191 g/mol. The van der Waals surface area contributed by atoms with Crippen LogP contribution in [0.15, 0.2) is 0 Å². The summed E-state index contributed by atoms with van der Waals surface area (Å²) in [6.07, 6.45) is 2.43. The zero-order valence-corrected chi connectivity index (χ0v) is 8.85. The number of rotatable bonds is 0. The lowest BCUT2D eigenvalue weighted by molar-refractivity contribution is 0.341. The minimum Gasteiger partial charge on any atom is -0.316 e. The lowest BCUT2D eigenvalue weighted by Crippen LogP contribution is -2.33. The first kappa shape index (κ1) is 8.48. The number of hydrogen-bond acceptors (Lipinski definition) is 2. The molecule has 0 amide bonds. The van der Waals surface area contributed by atoms with Gasteiger partial charge < -0.3 is 5.32 Å². The summed E-state index contributed by atoms with van der Waals surface area (Å²) in [5, 5.41) is 11.0. The Morgan fingerprint density at radius 2 is 2.36 bits per heavy atom. The van der Waals surface area contributed by atoms with E-state index in [4.69, 9.17) is 0 Å². The van der Waals surface area contributed by atoms with E-state index in [-0.39, 0.29) is 0 Å². The Bertz CT molecular complexity index is 361. The van der Waals surface area contributed by atoms with Crippen LogP contribution in [0.4, 0.5) is 0 Å². The SMILES string of the molecule is Cc1[nH]nc2c1C1(CCNC1)C(C)C2. The summed E-state index contributed by atoms with van der Waals surface area (Å²) >= 11 is 0. The van der Waals surface area contributed by atoms with Crippen molar-refractivity contribution >= 4 is 0 Å². The highest BCUT2D eigenvalue weighted by Crippen LogP contribution is 2.47. The molecule has 2 aliphatic rings. The standard InChI is InChI=1S/C11H17N3/c1-7-5-9-10(8(2)13-14-9)11(7)3-4-12-6-11/h7,12H,3-6H2,1-2H3,(H,13,14). The molecule has 76 valence electrons. The van der Waals surface area contributed by atoms with Crippen molar-refractivity contribution < 1.29 is 0 Å². The number of H-pyrrole nitrogens is 1. The number of fused-ring (bicyclic) bond motifs is 2. The smallest absolute Gasteiger partial charge is 0.0666 e. The average molecular weight is 191 g/mol. The molecule has 3 rings (SSSR count). The van der Waals surface area contributed by atoms with Crippen molar-refractivity contribution in [2.75, 3.05) is 13.1 Å². The fraction of sp³-hybridized carbons (Fsp3) is 0.727. The molecule has 1 saturated heterocycles. The fourth-order valence-electron chi connectivity index (χ4n) is 3.37. The number of aryl methyl sites for hydroxylation is 1. The van der Waals surface area contributed by atoms with Crippen LogP contribution in [0, 0.1) is 12.8 Å². The zero-order valence-electron chi connectivity index (χ0n) is 8.85. The van der Waals surface area contributed by atoms with Crippen molar-refractivity contribution in [2.24, 2.45) is 5.92 Å². The Kier molecular flexibility index (Phi) is 1.57. The summed E-state index contributed by atoms with van der Waals surface area (Å²) in [6, 6.07) is 0. The first-order valence-electron chi connectivity index (χ1n) is 5.49. The predicted octanol–water partition coefficient (Wildman–Crippen LogP) is 1.14. The van der Waals surface area contributed by atoms with E-state index in [1.165, 1.54) is 23.4 Å². The molecule has 0 bridgehead atoms. The molecule has 1 spiro atoms. The first-order chi connectivity index (χ1) is 6.74. The van der Waals surface area contributed by atoms with E-state index < -0.39 is 0 Å². The van der Waals surface area contributed by atoms with Crippen LogP contribution in [0.3, 0.4) is 0 Å². The van der Waals surface area contributed by atoms with E-state index in [1.807, 2.05) is 0 Å². The number of hydrogen-bond donors (Lipinski definition) is 2. The highest BCUT2D eigenvalue weighted by molar-refractivity contribution is 5.41. The highest BCUT2D eigenvalue weighted by atomic mass is 15.1. The summed E-state index contributed by atoms with van der Waals surface area (Å²) in [7, 11) is 0. The van der Waals surface area contributed by atoms with Gasteiger partial charge in [0, 0.05) is 23.2 Å². The predicted molar refractivity (Wildman–Crippen MR) is 55.4 cm³/mol. The van der Waals surface area contributed by atoms with Gasteiger partial charge in [0.15, 0.2) is 0 Å². The third-order valence-corrected chi connectivity index (χ3v) is 4.15. The molecule has 1 aromatic rings. The zero-order chi connectivity index (χ0) is 9.76. The Labute approximate surface area is 84.3 Å². The number of nitrogens with zero attached hydrogens (tertiary/aromatic N) is 1. The van der Waals surface area contributed by atoms with Crippen LogP contribution < -0.4 is 5.32 Å². The van der Waals surface area contributed by atoms with E-state index in [1.54, 1.807) is 0 Å². The Hall–Kier alpha value is -0.830. The number of nitrogens with one attached hydrogen (secondary N) is 2. The second kappa shape index (κ2) is 2.60. The summed E-state index contributed by atoms with van der Waals surface area (Å²) in [6.45, 7) is 6.83. The molecule has 2 atom stereocenters. The second-order valence-electron chi connectivity index (χ2n) is 4.86. The molecule has 2 heterocycles. The topological polar surface area (TPSA) is 40.7 Å². The molecule has 2 N–H and O–H groups in total. The van der Waals surface area contributed by atoms with Crippen LogP contribution in [0.1, 0.15) is 30.3 Å². The van der Waals surface area contributed by atoms with Gasteiger partial charge in [-0.25, -0.2) is 0 Å². The van der Waals surface area contributed by atoms with Crippen LogP contribution in [0.2, 0.25) is 0 Å². The lowest BCUT2D eigenvalue weighted by Gasteiger charge is -2.29. The third-order valence-electron chi connectivity index (χ3n) is 4.15. The molecule has 1 aliphatic carbocycles. The van der Waals surface area contributed by atoms with Gasteiger partial charge in [0.2, 0.25) is 0 Å². The summed E-state index contributed by atoms with van der Waals surface area (Å²) < 4.78 is 0. The number of aromatic amines is 1. The van der Waals surface area contributed by atoms with E-state index >= 15 is 0 Å². The Morgan fingerprint density at radius 3 is 3.07 bits per heavy atom. The summed E-state index contributed by atoms with van der Waals surface area (Å²) in [5.41, 5.74) is 4.52. The maximum atomic E-state index is 4.41. The van der Waals surface area contributed by atoms with Gasteiger partial charge in [0.25, 0.3) is 0 Å². The van der Waals surface area contributed by atoms with Crippen molar-refractivity contribution in [3.63, 3.8) is 0 Å². The van der Waals surface area contributed by atoms with Gasteiger partial charge in [-0.1, -0.05) is 6.92 Å². The van der Waals surface area contributed by atoms with Crippen LogP contribution >= 0.6 is 0 Å². The van der Waals surface area contributed by atoms with Crippen LogP contribution in [0.25, 0.3) is 0 Å². The largest absolute Gasteiger partial charge is 0.316 e. The Balaban J connectivity index is 2.16. The van der Waals surface area contributed by atoms with Crippen molar-refractivity contribution in [2.45, 2.75) is 32.1 Å². The van der Waals surface area contributed by atoms with Gasteiger partial charge in [-0.3, -0.25) is 5.10 Å². The van der Waals surface area contributed by atoms with E-state index in [9.17, 15) is 0 Å². The second-order valence-corrected chi connectivity index (χ2v) is 4.86. The maximum absolute atomic E-state index is 4.41. The summed E-state index contributed by atoms with van der Waals surface area (Å²) in [4.78, 5) is 0. The molecular formula is C11H17N3. The van der Waals surface area contributed by atoms with E-state index in [0.29, 0.717) is 5.41 Å². The Morgan fingerprint density at radius 1 is 1.50 bits per heavy atom. The molecule has 1 aromatic heterocycles. The fourth-order valence-corrected chi connectivity index (χ4v) is 3.37. The molecular weight excluding hydrogens is 174 g/mol. The molecule has 2 unspecified atom stereocenters. The van der Waals surface area contributed by atoms with E-state index in [0.717, 1.165) is 25.4 Å². The highest BCUT2D eigenvalue weighted by Gasteiger charge is 2.48. The van der Waals surface area contributed by atoms with Gasteiger partial charge in [0.05, 0.1) is 5.69 Å². The maximum Gasteiger partial charge on any atom is 0.0666 e. The molecule has 1 fully saturated rings. The first-order valence-corrected chi connectivity index (χ1v) is 5.49. The van der Waals surface area contributed by atoms with Gasteiger partial charge >= 0.3 is 0 Å². The van der Waals surface area contributed by atoms with Crippen molar-refractivity contribution in [3.8, 4) is 0 Å². The molecule has 0 aromatic carbocycles. The van der Waals surface area contributed by atoms with Crippen LogP contribution in [-0.4, -0.2) is 23.3 Å². The molecule has 0 radical (unpaired) electrons. The molecule has 1 aliphatic heterocycles. The molecule has 3 nitrogen and oxygen atoms in total. The minimum absolute atomic E-state index is 0.395. The van der Waals surface area contributed by atoms with E-state index in [2.05, 4.69) is 29.4 Å². The molecule has 3 heteroatoms. The molecule has 0 saturated carbocycles. The summed E-state index contributed by atoms with van der Waals surface area (Å²) in [5.74, 6) is 0.753. The molecule has 14 heavy (non-hydrogen) atoms. The quantitative estimate of drug-likeness (QED) is 0.645. The normalized spacial score (nSPS) is 35.4. The van der Waals surface area contributed by atoms with Crippen molar-refractivity contribution in [1.82, 2.24) is 15.5 Å². The lowest BCUT2D eigenvalue weighted by atomic mass is 9.74. The van der Waals surface area contributed by atoms with Gasteiger partial charge in [-0.2, -0.15) is 5.10 Å².